The molecular weight excluding hydrogens is 318 g/mol. The first-order valence-corrected chi connectivity index (χ1v) is 8.18. The van der Waals surface area contributed by atoms with E-state index in [1.165, 1.54) is 0 Å². The van der Waals surface area contributed by atoms with E-state index in [4.69, 9.17) is 4.74 Å². The molecule has 0 unspecified atom stereocenters. The fraction of sp³-hybridized carbons (Fsp3) is 0.316. The summed E-state index contributed by atoms with van der Waals surface area (Å²) in [6.07, 6.45) is 0.677. The molecule has 0 bridgehead atoms. The highest BCUT2D eigenvalue weighted by molar-refractivity contribution is 5.96. The van der Waals surface area contributed by atoms with Crippen LogP contribution in [0, 0.1) is 0 Å². The van der Waals surface area contributed by atoms with Gasteiger partial charge in [-0.05, 0) is 50.1 Å². The van der Waals surface area contributed by atoms with Crippen molar-refractivity contribution in [3.63, 3.8) is 0 Å². The lowest BCUT2D eigenvalue weighted by molar-refractivity contribution is 0.0937. The molecule has 0 aliphatic carbocycles. The van der Waals surface area contributed by atoms with Crippen LogP contribution in [0.15, 0.2) is 42.5 Å². The SMILES string of the molecule is COc1cccc(CCNC(=O)c2cccc(C(=O)NC(C)C)n2)c1. The van der Waals surface area contributed by atoms with Crippen molar-refractivity contribution in [1.29, 1.82) is 0 Å². The van der Waals surface area contributed by atoms with Gasteiger partial charge in [-0.3, -0.25) is 9.59 Å². The number of rotatable bonds is 7. The quantitative estimate of drug-likeness (QED) is 0.809. The second kappa shape index (κ2) is 8.82. The van der Waals surface area contributed by atoms with Crippen LogP contribution in [0.4, 0.5) is 0 Å². The lowest BCUT2D eigenvalue weighted by atomic mass is 10.1. The van der Waals surface area contributed by atoms with Crippen LogP contribution in [0.1, 0.15) is 40.4 Å². The summed E-state index contributed by atoms with van der Waals surface area (Å²) in [4.78, 5) is 28.3. The number of aromatic nitrogens is 1. The van der Waals surface area contributed by atoms with E-state index in [9.17, 15) is 9.59 Å². The van der Waals surface area contributed by atoms with Crippen LogP contribution >= 0.6 is 0 Å². The maximum Gasteiger partial charge on any atom is 0.270 e. The van der Waals surface area contributed by atoms with Gasteiger partial charge in [-0.1, -0.05) is 18.2 Å². The molecule has 0 aliphatic heterocycles. The van der Waals surface area contributed by atoms with E-state index in [2.05, 4.69) is 15.6 Å². The molecule has 2 amide bonds. The highest BCUT2D eigenvalue weighted by Crippen LogP contribution is 2.12. The molecule has 0 fully saturated rings. The zero-order valence-electron chi connectivity index (χ0n) is 14.7. The maximum atomic E-state index is 12.2. The molecule has 132 valence electrons. The molecule has 1 aromatic carbocycles. The molecule has 0 radical (unpaired) electrons. The second-order valence-corrected chi connectivity index (χ2v) is 5.89. The topological polar surface area (TPSA) is 80.3 Å². The molecule has 25 heavy (non-hydrogen) atoms. The van der Waals surface area contributed by atoms with E-state index in [0.29, 0.717) is 13.0 Å². The minimum atomic E-state index is -0.304. The largest absolute Gasteiger partial charge is 0.497 e. The molecule has 0 atom stereocenters. The fourth-order valence-corrected chi connectivity index (χ4v) is 2.26. The van der Waals surface area contributed by atoms with Crippen LogP contribution in [-0.2, 0) is 6.42 Å². The van der Waals surface area contributed by atoms with Gasteiger partial charge < -0.3 is 15.4 Å². The minimum Gasteiger partial charge on any atom is -0.497 e. The minimum absolute atomic E-state index is 0.00893. The molecule has 2 aromatic rings. The number of hydrogen-bond donors (Lipinski definition) is 2. The highest BCUT2D eigenvalue weighted by Gasteiger charge is 2.12. The molecule has 0 spiro atoms. The summed E-state index contributed by atoms with van der Waals surface area (Å²) in [5.74, 6) is 0.192. The van der Waals surface area contributed by atoms with Gasteiger partial charge in [0.1, 0.15) is 17.1 Å². The third-order valence-electron chi connectivity index (χ3n) is 3.47. The third-order valence-corrected chi connectivity index (χ3v) is 3.47. The van der Waals surface area contributed by atoms with Gasteiger partial charge in [-0.15, -0.1) is 0 Å². The van der Waals surface area contributed by atoms with Crippen molar-refractivity contribution in [2.45, 2.75) is 26.3 Å². The van der Waals surface area contributed by atoms with Crippen LogP contribution < -0.4 is 15.4 Å². The molecule has 1 heterocycles. The first-order chi connectivity index (χ1) is 12.0. The lowest BCUT2D eigenvalue weighted by Gasteiger charge is -2.09. The number of methoxy groups -OCH3 is 1. The standard InChI is InChI=1S/C19H23N3O3/c1-13(2)21-19(24)17-9-5-8-16(22-17)18(23)20-11-10-14-6-4-7-15(12-14)25-3/h4-9,12-13H,10-11H2,1-3H3,(H,20,23)(H,21,24). The summed E-state index contributed by atoms with van der Waals surface area (Å²) < 4.78 is 5.18. The molecule has 0 saturated carbocycles. The summed E-state index contributed by atoms with van der Waals surface area (Å²) >= 11 is 0. The zero-order valence-corrected chi connectivity index (χ0v) is 14.7. The Morgan fingerprint density at radius 3 is 2.44 bits per heavy atom. The molecule has 1 aromatic heterocycles. The first kappa shape index (κ1) is 18.4. The Bertz CT molecular complexity index is 744. The predicted molar refractivity (Wildman–Crippen MR) is 95.9 cm³/mol. The molecule has 0 aliphatic rings. The Morgan fingerprint density at radius 1 is 1.08 bits per heavy atom. The Labute approximate surface area is 147 Å². The lowest BCUT2D eigenvalue weighted by Crippen LogP contribution is -2.32. The normalized spacial score (nSPS) is 10.4. The van der Waals surface area contributed by atoms with Crippen LogP contribution in [0.2, 0.25) is 0 Å². The van der Waals surface area contributed by atoms with Crippen molar-refractivity contribution >= 4 is 11.8 Å². The van der Waals surface area contributed by atoms with Gasteiger partial charge in [0, 0.05) is 12.6 Å². The molecule has 6 heteroatoms. The van der Waals surface area contributed by atoms with Gasteiger partial charge in [-0.25, -0.2) is 4.98 Å². The van der Waals surface area contributed by atoms with E-state index in [0.717, 1.165) is 11.3 Å². The number of hydrogen-bond acceptors (Lipinski definition) is 4. The van der Waals surface area contributed by atoms with E-state index in [1.54, 1.807) is 25.3 Å². The molecular formula is C19H23N3O3. The average Bonchev–Trinajstić information content (AvgIpc) is 2.61. The van der Waals surface area contributed by atoms with Crippen molar-refractivity contribution < 1.29 is 14.3 Å². The maximum absolute atomic E-state index is 12.2. The van der Waals surface area contributed by atoms with Crippen LogP contribution in [0.25, 0.3) is 0 Å². The Hall–Kier alpha value is -2.89. The predicted octanol–water partition coefficient (Wildman–Crippen LogP) is 2.20. The molecule has 2 rings (SSSR count). The fourth-order valence-electron chi connectivity index (χ4n) is 2.26. The van der Waals surface area contributed by atoms with E-state index >= 15 is 0 Å². The number of carbonyl (C=O) groups is 2. The van der Waals surface area contributed by atoms with Gasteiger partial charge in [0.05, 0.1) is 7.11 Å². The summed E-state index contributed by atoms with van der Waals surface area (Å²) in [6.45, 7) is 4.20. The number of nitrogens with zero attached hydrogens (tertiary/aromatic N) is 1. The first-order valence-electron chi connectivity index (χ1n) is 8.18. The monoisotopic (exact) mass is 341 g/mol. The van der Waals surface area contributed by atoms with Crippen molar-refractivity contribution in [3.05, 3.63) is 59.4 Å². The number of benzene rings is 1. The molecule has 6 nitrogen and oxygen atoms in total. The Morgan fingerprint density at radius 2 is 1.76 bits per heavy atom. The van der Waals surface area contributed by atoms with Crippen molar-refractivity contribution in [2.24, 2.45) is 0 Å². The van der Waals surface area contributed by atoms with Gasteiger partial charge in [0.25, 0.3) is 11.8 Å². The van der Waals surface area contributed by atoms with Gasteiger partial charge >= 0.3 is 0 Å². The van der Waals surface area contributed by atoms with E-state index in [-0.39, 0.29) is 29.2 Å². The summed E-state index contributed by atoms with van der Waals surface area (Å²) in [7, 11) is 1.62. The van der Waals surface area contributed by atoms with E-state index < -0.39 is 0 Å². The van der Waals surface area contributed by atoms with Crippen molar-refractivity contribution in [1.82, 2.24) is 15.6 Å². The van der Waals surface area contributed by atoms with Gasteiger partial charge in [0.2, 0.25) is 0 Å². The smallest absolute Gasteiger partial charge is 0.270 e. The van der Waals surface area contributed by atoms with Crippen LogP contribution in [0.5, 0.6) is 5.75 Å². The van der Waals surface area contributed by atoms with Crippen molar-refractivity contribution in [2.75, 3.05) is 13.7 Å². The number of nitrogens with one attached hydrogen (secondary N) is 2. The average molecular weight is 341 g/mol. The van der Waals surface area contributed by atoms with Gasteiger partial charge in [0.15, 0.2) is 0 Å². The summed E-state index contributed by atoms with van der Waals surface area (Å²) in [5, 5.41) is 5.57. The van der Waals surface area contributed by atoms with Crippen molar-refractivity contribution in [3.8, 4) is 5.75 Å². The summed E-state index contributed by atoms with van der Waals surface area (Å²) in [6, 6.07) is 12.5. The number of ether oxygens (including phenoxy) is 1. The number of amides is 2. The van der Waals surface area contributed by atoms with E-state index in [1.807, 2.05) is 38.1 Å². The number of carbonyl (C=O) groups excluding carboxylic acids is 2. The van der Waals surface area contributed by atoms with Crippen LogP contribution in [-0.4, -0.2) is 36.5 Å². The Balaban J connectivity index is 1.93. The molecule has 0 saturated heterocycles. The second-order valence-electron chi connectivity index (χ2n) is 5.89. The third kappa shape index (κ3) is 5.60. The molecule has 2 N–H and O–H groups in total. The summed E-state index contributed by atoms with van der Waals surface area (Å²) in [5.41, 5.74) is 1.52. The highest BCUT2D eigenvalue weighted by atomic mass is 16.5. The number of pyridine rings is 1. The van der Waals surface area contributed by atoms with Gasteiger partial charge in [-0.2, -0.15) is 0 Å². The zero-order chi connectivity index (χ0) is 18.2. The van der Waals surface area contributed by atoms with Crippen LogP contribution in [0.3, 0.4) is 0 Å². The Kier molecular flexibility index (Phi) is 6.51.